The summed E-state index contributed by atoms with van der Waals surface area (Å²) >= 11 is 0. The Morgan fingerprint density at radius 2 is 1.53 bits per heavy atom. The van der Waals surface area contributed by atoms with Crippen LogP contribution in [0.1, 0.15) is 111 Å². The van der Waals surface area contributed by atoms with Gasteiger partial charge in [-0.15, -0.1) is 0 Å². The van der Waals surface area contributed by atoms with Crippen LogP contribution in [-0.4, -0.2) is 111 Å². The number of carbonyl (C=O) groups excluding carboxylic acids is 5. The van der Waals surface area contributed by atoms with E-state index in [4.69, 9.17) is 20.9 Å². The van der Waals surface area contributed by atoms with Crippen LogP contribution in [0.5, 0.6) is 0 Å². The third kappa shape index (κ3) is 11.8. The second-order valence-electron chi connectivity index (χ2n) is 17.0. The lowest BCUT2D eigenvalue weighted by atomic mass is 9.51. The molecule has 5 amide bonds. The highest BCUT2D eigenvalue weighted by atomic mass is 16.5. The fraction of sp³-hybridized carbons (Fsp3) is 0.872. The number of nitrogens with zero attached hydrogens (tertiary/aromatic N) is 1. The molecule has 1 spiro atoms. The zero-order chi connectivity index (χ0) is 38.7. The molecule has 14 heteroatoms. The Morgan fingerprint density at radius 1 is 0.868 bits per heavy atom. The van der Waals surface area contributed by atoms with Gasteiger partial charge in [0.05, 0.1) is 25.2 Å². The summed E-state index contributed by atoms with van der Waals surface area (Å²) in [5.41, 5.74) is 12.1. The average Bonchev–Trinajstić information content (AvgIpc) is 3.10. The third-order valence-corrected chi connectivity index (χ3v) is 12.1. The first-order chi connectivity index (χ1) is 25.3. The van der Waals surface area contributed by atoms with Gasteiger partial charge in [-0.3, -0.25) is 24.0 Å². The molecule has 8 N–H and O–H groups in total. The van der Waals surface area contributed by atoms with Gasteiger partial charge in [0.25, 0.3) is 0 Å². The van der Waals surface area contributed by atoms with E-state index in [0.717, 1.165) is 44.9 Å². The van der Waals surface area contributed by atoms with E-state index in [1.54, 1.807) is 7.05 Å². The standard InChI is InChI=1S/C39H69N7O7/c1-24(2)17-31-36(49)45-33(28-11-7-6-8-12-28)37(50)43-29(21-41)34(47)44-30(23-52-16-10-15-40)35(48)42-25(3)22-53-32(26(4)38(51)46(31)5)18-27-19-39(20-27)13-9-14-39/h24-33H,6-23,40-41H2,1-5H3,(H,42,48)(H,43,50)(H,44,47)(H,45,49)/t25-,26-,29+,30+,31+,32-,33+/m1/s1. The number of nitrogens with one attached hydrogen (secondary N) is 4. The van der Waals surface area contributed by atoms with Gasteiger partial charge < -0.3 is 47.1 Å². The molecule has 14 nitrogen and oxygen atoms in total. The van der Waals surface area contributed by atoms with Crippen molar-refractivity contribution in [1.29, 1.82) is 0 Å². The van der Waals surface area contributed by atoms with Gasteiger partial charge in [0.15, 0.2) is 0 Å². The van der Waals surface area contributed by atoms with E-state index in [9.17, 15) is 24.0 Å². The van der Waals surface area contributed by atoms with Gasteiger partial charge in [0.2, 0.25) is 29.5 Å². The Kier molecular flexibility index (Phi) is 16.4. The largest absolute Gasteiger partial charge is 0.379 e. The molecule has 53 heavy (non-hydrogen) atoms. The van der Waals surface area contributed by atoms with Crippen molar-refractivity contribution in [3.8, 4) is 0 Å². The molecule has 3 saturated carbocycles. The van der Waals surface area contributed by atoms with Crippen LogP contribution in [0.25, 0.3) is 0 Å². The quantitative estimate of drug-likeness (QED) is 0.170. The lowest BCUT2D eigenvalue weighted by Crippen LogP contribution is -2.62. The van der Waals surface area contributed by atoms with E-state index < -0.39 is 65.9 Å². The van der Waals surface area contributed by atoms with Crippen molar-refractivity contribution in [2.75, 3.05) is 40.0 Å². The normalized spacial score (nSPS) is 31.7. The molecule has 0 radical (unpaired) electrons. The number of carbonyl (C=O) groups is 5. The monoisotopic (exact) mass is 748 g/mol. The minimum atomic E-state index is -1.17. The molecule has 3 aliphatic carbocycles. The second kappa shape index (κ2) is 20.2. The van der Waals surface area contributed by atoms with Crippen LogP contribution in [0.15, 0.2) is 0 Å². The topological polar surface area (TPSA) is 207 Å². The highest BCUT2D eigenvalue weighted by Crippen LogP contribution is 2.60. The van der Waals surface area contributed by atoms with E-state index in [1.165, 1.54) is 24.2 Å². The summed E-state index contributed by atoms with van der Waals surface area (Å²) in [5.74, 6) is -2.42. The number of ether oxygens (including phenoxy) is 2. The number of likely N-dealkylation sites (N-methyl/N-ethyl adjacent to an activating group) is 1. The molecule has 1 heterocycles. The number of nitrogens with two attached hydrogens (primary N) is 2. The van der Waals surface area contributed by atoms with Crippen LogP contribution in [0.2, 0.25) is 0 Å². The first kappa shape index (κ1) is 42.9. The number of rotatable bonds is 11. The molecule has 7 atom stereocenters. The summed E-state index contributed by atoms with van der Waals surface area (Å²) in [6.45, 7) is 8.20. The average molecular weight is 748 g/mol. The summed E-state index contributed by atoms with van der Waals surface area (Å²) in [4.78, 5) is 71.4. The Bertz CT molecular complexity index is 1230. The molecule has 4 rings (SSSR count). The Balaban J connectivity index is 1.65. The molecule has 0 bridgehead atoms. The fourth-order valence-electron chi connectivity index (χ4n) is 8.79. The van der Waals surface area contributed by atoms with Crippen LogP contribution in [-0.2, 0) is 33.4 Å². The van der Waals surface area contributed by atoms with Crippen LogP contribution in [0.4, 0.5) is 0 Å². The molecule has 0 aromatic carbocycles. The summed E-state index contributed by atoms with van der Waals surface area (Å²) in [5, 5.41) is 11.5. The van der Waals surface area contributed by atoms with Crippen LogP contribution >= 0.6 is 0 Å². The SMILES string of the molecule is CC(C)C[C@H]1C(=O)N[C@@H](C2CCCCC2)C(=O)N[C@@H](CN)C(=O)N[C@@H](COCCCN)C(=O)N[C@H](C)CO[C@H](CC2CC3(CCC3)C2)[C@@H](C)C(=O)N1C. The van der Waals surface area contributed by atoms with E-state index in [0.29, 0.717) is 43.7 Å². The second-order valence-corrected chi connectivity index (χ2v) is 17.0. The minimum Gasteiger partial charge on any atom is -0.379 e. The lowest BCUT2D eigenvalue weighted by molar-refractivity contribution is -0.149. The van der Waals surface area contributed by atoms with Crippen LogP contribution < -0.4 is 32.7 Å². The predicted octanol–water partition coefficient (Wildman–Crippen LogP) is 1.73. The number of amides is 5. The molecular formula is C39H69N7O7. The van der Waals surface area contributed by atoms with Crippen molar-refractivity contribution >= 4 is 29.5 Å². The molecule has 0 unspecified atom stereocenters. The maximum atomic E-state index is 14.3. The Labute approximate surface area is 316 Å². The van der Waals surface area contributed by atoms with Crippen LogP contribution in [0, 0.1) is 29.1 Å². The van der Waals surface area contributed by atoms with E-state index >= 15 is 0 Å². The molecule has 0 aromatic heterocycles. The van der Waals surface area contributed by atoms with E-state index in [1.807, 2.05) is 27.7 Å². The summed E-state index contributed by atoms with van der Waals surface area (Å²) < 4.78 is 12.2. The lowest BCUT2D eigenvalue weighted by Gasteiger charge is -2.55. The maximum absolute atomic E-state index is 14.3. The summed E-state index contributed by atoms with van der Waals surface area (Å²) in [7, 11) is 1.67. The van der Waals surface area contributed by atoms with Crippen molar-refractivity contribution < 1.29 is 33.4 Å². The molecule has 1 aliphatic heterocycles. The fourth-order valence-corrected chi connectivity index (χ4v) is 8.79. The van der Waals surface area contributed by atoms with Gasteiger partial charge in [0.1, 0.15) is 24.2 Å². The van der Waals surface area contributed by atoms with Crippen molar-refractivity contribution in [3.63, 3.8) is 0 Å². The minimum absolute atomic E-state index is 0.0857. The van der Waals surface area contributed by atoms with Gasteiger partial charge in [0, 0.05) is 26.2 Å². The smallest absolute Gasteiger partial charge is 0.245 e. The Hall–Kier alpha value is -2.81. The van der Waals surface area contributed by atoms with Gasteiger partial charge in [-0.1, -0.05) is 46.5 Å². The van der Waals surface area contributed by atoms with Crippen molar-refractivity contribution in [2.24, 2.45) is 40.6 Å². The van der Waals surface area contributed by atoms with Gasteiger partial charge in [-0.25, -0.2) is 0 Å². The van der Waals surface area contributed by atoms with Crippen LogP contribution in [0.3, 0.4) is 0 Å². The van der Waals surface area contributed by atoms with Gasteiger partial charge >= 0.3 is 0 Å². The predicted molar refractivity (Wildman–Crippen MR) is 202 cm³/mol. The Morgan fingerprint density at radius 3 is 2.13 bits per heavy atom. The molecular weight excluding hydrogens is 678 g/mol. The highest BCUT2D eigenvalue weighted by Gasteiger charge is 2.49. The molecule has 1 saturated heterocycles. The van der Waals surface area contributed by atoms with E-state index in [-0.39, 0.29) is 37.5 Å². The van der Waals surface area contributed by atoms with Gasteiger partial charge in [-0.05, 0) is 94.4 Å². The van der Waals surface area contributed by atoms with Crippen molar-refractivity contribution in [1.82, 2.24) is 26.2 Å². The highest BCUT2D eigenvalue weighted by molar-refractivity contribution is 5.96. The summed E-state index contributed by atoms with van der Waals surface area (Å²) in [6, 6.07) is -4.47. The van der Waals surface area contributed by atoms with Crippen molar-refractivity contribution in [3.05, 3.63) is 0 Å². The van der Waals surface area contributed by atoms with Crippen molar-refractivity contribution in [2.45, 2.75) is 147 Å². The molecule has 4 fully saturated rings. The van der Waals surface area contributed by atoms with E-state index in [2.05, 4.69) is 21.3 Å². The maximum Gasteiger partial charge on any atom is 0.245 e. The molecule has 4 aliphatic rings. The molecule has 302 valence electrons. The number of hydrogen-bond acceptors (Lipinski definition) is 9. The summed E-state index contributed by atoms with van der Waals surface area (Å²) in [6.07, 6.45) is 11.7. The molecule has 0 aromatic rings. The third-order valence-electron chi connectivity index (χ3n) is 12.1. The zero-order valence-corrected chi connectivity index (χ0v) is 33.0. The number of hydrogen-bond donors (Lipinski definition) is 6. The first-order valence-corrected chi connectivity index (χ1v) is 20.3. The zero-order valence-electron chi connectivity index (χ0n) is 33.0. The first-order valence-electron chi connectivity index (χ1n) is 20.3. The van der Waals surface area contributed by atoms with Gasteiger partial charge in [-0.2, -0.15) is 0 Å².